The molecule has 0 atom stereocenters. The molecule has 0 aliphatic heterocycles. The van der Waals surface area contributed by atoms with Gasteiger partial charge in [-0.2, -0.15) is 25.2 Å². The van der Waals surface area contributed by atoms with E-state index >= 15 is 0 Å². The van der Waals surface area contributed by atoms with Gasteiger partial charge in [0.2, 0.25) is 17.6 Å². The number of anilines is 3. The van der Waals surface area contributed by atoms with E-state index < -0.39 is 16.4 Å². The number of halogens is 2. The first-order chi connectivity index (χ1) is 16.7. The number of hydrogen-bond acceptors (Lipinski definition) is 10. The van der Waals surface area contributed by atoms with Crippen molar-refractivity contribution in [3.63, 3.8) is 0 Å². The maximum Gasteiger partial charge on any atom is 0.312 e. The van der Waals surface area contributed by atoms with Gasteiger partial charge in [0.15, 0.2) is 0 Å². The average Bonchev–Trinajstić information content (AvgIpc) is 3.15. The molecule has 0 spiro atoms. The van der Waals surface area contributed by atoms with Crippen molar-refractivity contribution in [3.05, 3.63) is 78.5 Å². The van der Waals surface area contributed by atoms with Crippen molar-refractivity contribution in [1.82, 2.24) is 24.7 Å². The third-order valence-corrected chi connectivity index (χ3v) is 5.56. The minimum atomic E-state index is -0.683. The molecule has 0 radical (unpaired) electrons. The molecule has 0 amide bonds. The molecule has 2 heterocycles. The van der Waals surface area contributed by atoms with E-state index in [0.717, 1.165) is 21.5 Å². The Balaban J connectivity index is 1.67. The van der Waals surface area contributed by atoms with Crippen LogP contribution in [-0.4, -0.2) is 41.0 Å². The van der Waals surface area contributed by atoms with Crippen LogP contribution in [0.15, 0.2) is 56.5 Å². The summed E-state index contributed by atoms with van der Waals surface area (Å²) in [7, 11) is 0. The molecule has 0 bridgehead atoms. The van der Waals surface area contributed by atoms with Crippen LogP contribution in [0.4, 0.5) is 23.3 Å². The fourth-order valence-corrected chi connectivity index (χ4v) is 3.79. The highest BCUT2D eigenvalue weighted by molar-refractivity contribution is 9.10. The van der Waals surface area contributed by atoms with E-state index in [1.54, 1.807) is 4.68 Å². The lowest BCUT2D eigenvalue weighted by Crippen LogP contribution is -2.11. The van der Waals surface area contributed by atoms with Gasteiger partial charge >= 0.3 is 5.69 Å². The summed E-state index contributed by atoms with van der Waals surface area (Å²) < 4.78 is 2.91. The number of nitro groups is 1. The van der Waals surface area contributed by atoms with Gasteiger partial charge in [0.05, 0.1) is 16.8 Å². The maximum absolute atomic E-state index is 11.1. The number of hydrogen-bond donors (Lipinski definition) is 3. The molecule has 178 valence electrons. The molecule has 0 aliphatic carbocycles. The van der Waals surface area contributed by atoms with Gasteiger partial charge in [-0.05, 0) is 50.2 Å². The molecule has 2 aromatic carbocycles. The number of hydrazone groups is 1. The predicted molar refractivity (Wildman–Crippen MR) is 138 cm³/mol. The normalized spacial score (nSPS) is 11.1. The van der Waals surface area contributed by atoms with Gasteiger partial charge in [0.25, 0.3) is 5.95 Å². The lowest BCUT2D eigenvalue weighted by molar-refractivity contribution is -0.385. The Hall–Kier alpha value is -3.91. The number of phenols is 1. The van der Waals surface area contributed by atoms with Crippen LogP contribution < -0.4 is 10.7 Å². The zero-order valence-electron chi connectivity index (χ0n) is 18.3. The Labute approximate surface area is 215 Å². The molecule has 0 saturated heterocycles. The van der Waals surface area contributed by atoms with Gasteiger partial charge in [-0.15, -0.1) is 0 Å². The Kier molecular flexibility index (Phi) is 7.02. The van der Waals surface area contributed by atoms with Gasteiger partial charge in [0.1, 0.15) is 0 Å². The molecular formula is C21H17Br2N9O3. The van der Waals surface area contributed by atoms with E-state index in [2.05, 4.69) is 67.8 Å². The van der Waals surface area contributed by atoms with Crippen LogP contribution >= 0.6 is 31.9 Å². The third kappa shape index (κ3) is 5.78. The second kappa shape index (κ2) is 10.1. The third-order valence-electron chi connectivity index (χ3n) is 4.57. The summed E-state index contributed by atoms with van der Waals surface area (Å²) in [5, 5.41) is 32.9. The molecule has 0 aliphatic rings. The first-order valence-electron chi connectivity index (χ1n) is 9.98. The van der Waals surface area contributed by atoms with Gasteiger partial charge in [-0.1, -0.05) is 31.9 Å². The number of nitrogens with zero attached hydrogens (tertiary/aromatic N) is 7. The topological polar surface area (TPSA) is 156 Å². The Morgan fingerprint density at radius 3 is 2.43 bits per heavy atom. The number of phenolic OH excluding ortho intramolecular Hbond substituents is 1. The molecule has 0 saturated carbocycles. The Bertz CT molecular complexity index is 1440. The smallest absolute Gasteiger partial charge is 0.312 e. The van der Waals surface area contributed by atoms with E-state index in [9.17, 15) is 15.2 Å². The minimum absolute atomic E-state index is 0.0856. The van der Waals surface area contributed by atoms with E-state index in [-0.39, 0.29) is 23.4 Å². The number of aryl methyl sites for hydroxylation is 2. The zero-order valence-corrected chi connectivity index (χ0v) is 21.4. The minimum Gasteiger partial charge on any atom is -0.502 e. The molecule has 3 N–H and O–H groups in total. The molecule has 12 nitrogen and oxygen atoms in total. The molecular weight excluding hydrogens is 586 g/mol. The molecule has 4 aromatic rings. The monoisotopic (exact) mass is 601 g/mol. The summed E-state index contributed by atoms with van der Waals surface area (Å²) in [5.41, 5.74) is 4.73. The summed E-state index contributed by atoms with van der Waals surface area (Å²) in [5.74, 6) is 0.0649. The zero-order chi connectivity index (χ0) is 25.1. The van der Waals surface area contributed by atoms with Crippen molar-refractivity contribution in [3.8, 4) is 11.7 Å². The van der Waals surface area contributed by atoms with Gasteiger partial charge in [0, 0.05) is 32.0 Å². The maximum atomic E-state index is 11.1. The van der Waals surface area contributed by atoms with Crippen molar-refractivity contribution in [2.24, 2.45) is 5.10 Å². The summed E-state index contributed by atoms with van der Waals surface area (Å²) in [4.78, 5) is 23.6. The first kappa shape index (κ1) is 24.2. The number of aromatic nitrogens is 5. The van der Waals surface area contributed by atoms with E-state index in [4.69, 9.17) is 0 Å². The SMILES string of the molecule is Cc1cc(C)n(-c2nc(N/N=C\c3cc(Br)cc([N+](=O)[O-])c3O)nc(Nc3ccc(Br)cc3)n2)n1. The average molecular weight is 603 g/mol. The van der Waals surface area contributed by atoms with Gasteiger partial charge in [-0.3, -0.25) is 10.1 Å². The van der Waals surface area contributed by atoms with Crippen molar-refractivity contribution in [2.75, 3.05) is 10.7 Å². The highest BCUT2D eigenvalue weighted by Gasteiger charge is 2.18. The predicted octanol–water partition coefficient (Wildman–Crippen LogP) is 5.00. The molecule has 2 aromatic heterocycles. The number of nitrogens with one attached hydrogen (secondary N) is 2. The summed E-state index contributed by atoms with van der Waals surface area (Å²) in [6.45, 7) is 3.73. The Morgan fingerprint density at radius 2 is 1.77 bits per heavy atom. The number of aromatic hydroxyl groups is 1. The van der Waals surface area contributed by atoms with Crippen molar-refractivity contribution in [1.29, 1.82) is 0 Å². The largest absolute Gasteiger partial charge is 0.502 e. The second-order valence-electron chi connectivity index (χ2n) is 7.24. The van der Waals surface area contributed by atoms with Crippen LogP contribution in [0.5, 0.6) is 5.75 Å². The quantitative estimate of drug-likeness (QED) is 0.150. The number of nitro benzene ring substituents is 1. The second-order valence-corrected chi connectivity index (χ2v) is 9.07. The standard InChI is InChI=1S/C21H17Br2N9O3/c1-11-7-12(2)31(30-11)21-27-19(25-16-5-3-14(22)4-6-16)26-20(28-21)29-24-10-13-8-15(23)9-17(18(13)33)32(34)35/h3-10,33H,1-2H3,(H2,25,26,27,28,29)/b24-10-. The summed E-state index contributed by atoms with van der Waals surface area (Å²) in [6.07, 6.45) is 1.22. The van der Waals surface area contributed by atoms with E-state index in [0.29, 0.717) is 4.47 Å². The van der Waals surface area contributed by atoms with Crippen LogP contribution in [0.3, 0.4) is 0 Å². The van der Waals surface area contributed by atoms with Crippen LogP contribution in [0.1, 0.15) is 17.0 Å². The van der Waals surface area contributed by atoms with E-state index in [1.807, 2.05) is 44.2 Å². The summed E-state index contributed by atoms with van der Waals surface area (Å²) >= 11 is 6.59. The highest BCUT2D eigenvalue weighted by atomic mass is 79.9. The highest BCUT2D eigenvalue weighted by Crippen LogP contribution is 2.32. The van der Waals surface area contributed by atoms with Crippen LogP contribution in [0, 0.1) is 24.0 Å². The molecule has 0 unspecified atom stereocenters. The van der Waals surface area contributed by atoms with Crippen LogP contribution in [0.25, 0.3) is 5.95 Å². The number of rotatable bonds is 7. The lowest BCUT2D eigenvalue weighted by atomic mass is 10.2. The van der Waals surface area contributed by atoms with Crippen LogP contribution in [-0.2, 0) is 0 Å². The summed E-state index contributed by atoms with van der Waals surface area (Å²) in [6, 6.07) is 12.0. The van der Waals surface area contributed by atoms with Crippen LogP contribution in [0.2, 0.25) is 0 Å². The van der Waals surface area contributed by atoms with Crippen molar-refractivity contribution < 1.29 is 10.0 Å². The van der Waals surface area contributed by atoms with E-state index in [1.165, 1.54) is 18.3 Å². The lowest BCUT2D eigenvalue weighted by Gasteiger charge is -2.09. The van der Waals surface area contributed by atoms with Crippen molar-refractivity contribution in [2.45, 2.75) is 13.8 Å². The first-order valence-corrected chi connectivity index (χ1v) is 11.6. The molecule has 0 fully saturated rings. The molecule has 35 heavy (non-hydrogen) atoms. The fraction of sp³-hybridized carbons (Fsp3) is 0.0952. The molecule has 4 rings (SSSR count). The number of benzene rings is 2. The van der Waals surface area contributed by atoms with Gasteiger partial charge < -0.3 is 10.4 Å². The van der Waals surface area contributed by atoms with Gasteiger partial charge in [-0.25, -0.2) is 10.1 Å². The Morgan fingerprint density at radius 1 is 1.06 bits per heavy atom. The fourth-order valence-electron chi connectivity index (χ4n) is 3.06. The van der Waals surface area contributed by atoms with Crippen molar-refractivity contribution >= 4 is 61.3 Å². The molecule has 14 heteroatoms.